The second-order valence-corrected chi connectivity index (χ2v) is 6.17. The zero-order valence-electron chi connectivity index (χ0n) is 11.0. The third-order valence-electron chi connectivity index (χ3n) is 4.06. The molecule has 0 spiro atoms. The molecular formula is C17H15BrN2. The van der Waals surface area contributed by atoms with E-state index >= 15 is 0 Å². The van der Waals surface area contributed by atoms with Crippen LogP contribution in [0.4, 0.5) is 0 Å². The van der Waals surface area contributed by atoms with Gasteiger partial charge in [0.15, 0.2) is 0 Å². The van der Waals surface area contributed by atoms with Crippen molar-refractivity contribution >= 4 is 26.8 Å². The van der Waals surface area contributed by atoms with Crippen molar-refractivity contribution in [3.63, 3.8) is 0 Å². The normalized spacial score (nSPS) is 18.1. The summed E-state index contributed by atoms with van der Waals surface area (Å²) in [4.78, 5) is 3.60. The van der Waals surface area contributed by atoms with Gasteiger partial charge in [-0.05, 0) is 35.7 Å². The molecule has 2 heterocycles. The van der Waals surface area contributed by atoms with Crippen LogP contribution in [-0.4, -0.2) is 11.5 Å². The Morgan fingerprint density at radius 1 is 1.00 bits per heavy atom. The fraction of sp³-hybridized carbons (Fsp3) is 0.176. The number of hydrogen-bond donors (Lipinski definition) is 2. The van der Waals surface area contributed by atoms with E-state index in [1.165, 1.54) is 27.7 Å². The highest BCUT2D eigenvalue weighted by Crippen LogP contribution is 2.33. The molecule has 20 heavy (non-hydrogen) atoms. The van der Waals surface area contributed by atoms with Gasteiger partial charge < -0.3 is 10.3 Å². The third-order valence-corrected chi connectivity index (χ3v) is 4.59. The SMILES string of the molecule is Brc1ccc([C@@H]2NCCc3c2[nH]c2ccccc32)cc1. The van der Waals surface area contributed by atoms with Crippen molar-refractivity contribution < 1.29 is 0 Å². The van der Waals surface area contributed by atoms with E-state index in [1.807, 2.05) is 0 Å². The molecule has 0 radical (unpaired) electrons. The van der Waals surface area contributed by atoms with Gasteiger partial charge in [0.2, 0.25) is 0 Å². The summed E-state index contributed by atoms with van der Waals surface area (Å²) in [6.07, 6.45) is 1.09. The van der Waals surface area contributed by atoms with Gasteiger partial charge in [0.05, 0.1) is 6.04 Å². The van der Waals surface area contributed by atoms with Gasteiger partial charge in [-0.1, -0.05) is 46.3 Å². The summed E-state index contributed by atoms with van der Waals surface area (Å²) < 4.78 is 1.12. The van der Waals surface area contributed by atoms with Crippen molar-refractivity contribution in [1.82, 2.24) is 10.3 Å². The molecule has 4 rings (SSSR count). The van der Waals surface area contributed by atoms with Gasteiger partial charge >= 0.3 is 0 Å². The lowest BCUT2D eigenvalue weighted by Gasteiger charge is -2.24. The van der Waals surface area contributed by atoms with Gasteiger partial charge in [-0.2, -0.15) is 0 Å². The molecule has 2 nitrogen and oxygen atoms in total. The van der Waals surface area contributed by atoms with E-state index in [4.69, 9.17) is 0 Å². The van der Waals surface area contributed by atoms with Crippen LogP contribution in [0, 0.1) is 0 Å². The molecule has 2 aromatic carbocycles. The van der Waals surface area contributed by atoms with Crippen LogP contribution < -0.4 is 5.32 Å². The van der Waals surface area contributed by atoms with Gasteiger partial charge in [-0.25, -0.2) is 0 Å². The van der Waals surface area contributed by atoms with E-state index in [9.17, 15) is 0 Å². The van der Waals surface area contributed by atoms with Crippen LogP contribution in [0.1, 0.15) is 22.9 Å². The van der Waals surface area contributed by atoms with Crippen LogP contribution in [0.5, 0.6) is 0 Å². The Morgan fingerprint density at radius 2 is 1.80 bits per heavy atom. The van der Waals surface area contributed by atoms with Gasteiger partial charge in [-0.3, -0.25) is 0 Å². The second kappa shape index (κ2) is 4.76. The van der Waals surface area contributed by atoms with Gasteiger partial charge in [-0.15, -0.1) is 0 Å². The summed E-state index contributed by atoms with van der Waals surface area (Å²) in [5.74, 6) is 0. The molecule has 0 bridgehead atoms. The quantitative estimate of drug-likeness (QED) is 0.690. The van der Waals surface area contributed by atoms with Crippen LogP contribution in [0.15, 0.2) is 53.0 Å². The third kappa shape index (κ3) is 1.89. The first-order chi connectivity index (χ1) is 9.83. The maximum atomic E-state index is 3.63. The number of aromatic amines is 1. The van der Waals surface area contributed by atoms with Gasteiger partial charge in [0.1, 0.15) is 0 Å². The van der Waals surface area contributed by atoms with Crippen LogP contribution in [0.2, 0.25) is 0 Å². The number of aromatic nitrogens is 1. The lowest BCUT2D eigenvalue weighted by atomic mass is 9.94. The summed E-state index contributed by atoms with van der Waals surface area (Å²) in [7, 11) is 0. The zero-order valence-corrected chi connectivity index (χ0v) is 12.6. The molecule has 0 saturated heterocycles. The van der Waals surface area contributed by atoms with Crippen molar-refractivity contribution in [2.75, 3.05) is 6.54 Å². The fourth-order valence-electron chi connectivity index (χ4n) is 3.12. The first-order valence-electron chi connectivity index (χ1n) is 6.91. The zero-order chi connectivity index (χ0) is 13.5. The lowest BCUT2D eigenvalue weighted by molar-refractivity contribution is 0.560. The standard InChI is InChI=1S/C17H15BrN2/c18-12-7-5-11(6-8-12)16-17-14(9-10-19-16)13-3-1-2-4-15(13)20-17/h1-8,16,19-20H,9-10H2/t16-/m0/s1. The molecular weight excluding hydrogens is 312 g/mol. The summed E-state index contributed by atoms with van der Waals surface area (Å²) in [5, 5.41) is 4.99. The van der Waals surface area contributed by atoms with E-state index in [2.05, 4.69) is 74.8 Å². The summed E-state index contributed by atoms with van der Waals surface area (Å²) in [6, 6.07) is 17.4. The average Bonchev–Trinajstić information content (AvgIpc) is 2.87. The number of halogens is 1. The van der Waals surface area contributed by atoms with E-state index in [-0.39, 0.29) is 6.04 Å². The second-order valence-electron chi connectivity index (χ2n) is 5.25. The molecule has 1 aliphatic rings. The van der Waals surface area contributed by atoms with E-state index < -0.39 is 0 Å². The number of hydrogen-bond acceptors (Lipinski definition) is 1. The Morgan fingerprint density at radius 3 is 2.65 bits per heavy atom. The largest absolute Gasteiger partial charge is 0.357 e. The Bertz CT molecular complexity index is 758. The summed E-state index contributed by atoms with van der Waals surface area (Å²) in [6.45, 7) is 1.02. The molecule has 100 valence electrons. The molecule has 0 amide bonds. The number of fused-ring (bicyclic) bond motifs is 3. The van der Waals surface area contributed by atoms with Gasteiger partial charge in [0, 0.05) is 27.6 Å². The number of benzene rings is 2. The van der Waals surface area contributed by atoms with Crippen LogP contribution in [-0.2, 0) is 6.42 Å². The maximum absolute atomic E-state index is 3.63. The van der Waals surface area contributed by atoms with Gasteiger partial charge in [0.25, 0.3) is 0 Å². The molecule has 1 aromatic heterocycles. The molecule has 2 N–H and O–H groups in total. The Balaban J connectivity index is 1.87. The van der Waals surface area contributed by atoms with Crippen LogP contribution in [0.25, 0.3) is 10.9 Å². The van der Waals surface area contributed by atoms with E-state index in [0.717, 1.165) is 17.4 Å². The first-order valence-corrected chi connectivity index (χ1v) is 7.70. The highest BCUT2D eigenvalue weighted by atomic mass is 79.9. The Kier molecular flexibility index (Phi) is 2.90. The van der Waals surface area contributed by atoms with E-state index in [0.29, 0.717) is 0 Å². The van der Waals surface area contributed by atoms with E-state index in [1.54, 1.807) is 0 Å². The monoisotopic (exact) mass is 326 g/mol. The van der Waals surface area contributed by atoms with Crippen molar-refractivity contribution in [1.29, 1.82) is 0 Å². The number of rotatable bonds is 1. The molecule has 1 atom stereocenters. The minimum Gasteiger partial charge on any atom is -0.357 e. The predicted octanol–water partition coefficient (Wildman–Crippen LogP) is 4.17. The maximum Gasteiger partial charge on any atom is 0.0732 e. The Labute approximate surface area is 126 Å². The molecule has 0 unspecified atom stereocenters. The fourth-order valence-corrected chi connectivity index (χ4v) is 3.38. The highest BCUT2D eigenvalue weighted by molar-refractivity contribution is 9.10. The Hall–Kier alpha value is -1.58. The number of H-pyrrole nitrogens is 1. The first kappa shape index (κ1) is 12.2. The highest BCUT2D eigenvalue weighted by Gasteiger charge is 2.24. The average molecular weight is 327 g/mol. The number of para-hydroxylation sites is 1. The minimum atomic E-state index is 0.263. The minimum absolute atomic E-state index is 0.263. The molecule has 0 fully saturated rings. The summed E-state index contributed by atoms with van der Waals surface area (Å²) >= 11 is 3.50. The van der Waals surface area contributed by atoms with Crippen molar-refractivity contribution in [2.45, 2.75) is 12.5 Å². The van der Waals surface area contributed by atoms with Crippen molar-refractivity contribution in [2.24, 2.45) is 0 Å². The molecule has 0 aliphatic carbocycles. The molecule has 1 aliphatic heterocycles. The van der Waals surface area contributed by atoms with Crippen molar-refractivity contribution in [3.8, 4) is 0 Å². The van der Waals surface area contributed by atoms with Crippen LogP contribution >= 0.6 is 15.9 Å². The predicted molar refractivity (Wildman–Crippen MR) is 86.0 cm³/mol. The smallest absolute Gasteiger partial charge is 0.0732 e. The molecule has 3 heteroatoms. The molecule has 0 saturated carbocycles. The molecule has 3 aromatic rings. The van der Waals surface area contributed by atoms with Crippen molar-refractivity contribution in [3.05, 3.63) is 69.8 Å². The summed E-state index contributed by atoms with van der Waals surface area (Å²) in [5.41, 5.74) is 5.33. The van der Waals surface area contributed by atoms with Crippen LogP contribution in [0.3, 0.4) is 0 Å². The topological polar surface area (TPSA) is 27.8 Å². The lowest BCUT2D eigenvalue weighted by Crippen LogP contribution is -2.30. The number of nitrogens with one attached hydrogen (secondary N) is 2.